The minimum absolute atomic E-state index is 0.0356. The zero-order valence-electron chi connectivity index (χ0n) is 30.7. The molecule has 0 aromatic carbocycles. The Morgan fingerprint density at radius 1 is 0.625 bits per heavy atom. The van der Waals surface area contributed by atoms with Gasteiger partial charge in [0.2, 0.25) is 0 Å². The van der Waals surface area contributed by atoms with Gasteiger partial charge in [-0.3, -0.25) is 13.8 Å². The lowest BCUT2D eigenvalue weighted by Crippen LogP contribution is -2.28. The van der Waals surface area contributed by atoms with Crippen LogP contribution in [0.3, 0.4) is 0 Å². The summed E-state index contributed by atoms with van der Waals surface area (Å²) < 4.78 is 33.0. The first-order chi connectivity index (χ1) is 23.3. The molecule has 0 saturated heterocycles. The molecule has 0 bridgehead atoms. The number of ether oxygens (including phenoxy) is 2. The first-order valence-electron chi connectivity index (χ1n) is 19.4. The molecule has 0 radical (unpaired) electrons. The number of rotatable bonds is 37. The first kappa shape index (κ1) is 46.8. The second-order valence-electron chi connectivity index (χ2n) is 13.0. The molecule has 0 amide bonds. The highest BCUT2D eigenvalue weighted by Gasteiger charge is 2.26. The third-order valence-electron chi connectivity index (χ3n) is 8.20. The molecule has 0 rings (SSSR count). The summed E-state index contributed by atoms with van der Waals surface area (Å²) in [4.78, 5) is 22.4. The minimum atomic E-state index is -4.52. The topological polar surface area (TPSA) is 132 Å². The Hall–Kier alpha value is -1.22. The summed E-state index contributed by atoms with van der Waals surface area (Å²) in [6.07, 6.45) is 35.1. The molecule has 0 aromatic rings. The monoisotopic (exact) mass is 704 g/mol. The number of unbranched alkanes of at least 4 members (excludes halogenated alkanes) is 21. The maximum absolute atomic E-state index is 12.5. The van der Waals surface area contributed by atoms with Crippen LogP contribution in [0.4, 0.5) is 0 Å². The van der Waals surface area contributed by atoms with Gasteiger partial charge in [0, 0.05) is 6.42 Å². The fourth-order valence-corrected chi connectivity index (χ4v) is 5.99. The van der Waals surface area contributed by atoms with E-state index in [2.05, 4.69) is 26.0 Å². The second kappa shape index (κ2) is 35.6. The van der Waals surface area contributed by atoms with Crippen LogP contribution in [-0.2, 0) is 27.9 Å². The van der Waals surface area contributed by atoms with E-state index in [0.717, 1.165) is 44.9 Å². The molecule has 0 saturated carbocycles. The molecule has 3 N–H and O–H groups in total. The Labute approximate surface area is 293 Å². The molecule has 0 aliphatic carbocycles. The minimum Gasteiger partial charge on any atom is -0.498 e. The van der Waals surface area contributed by atoms with Gasteiger partial charge in [0.25, 0.3) is 0 Å². The number of hydrogen-bond acceptors (Lipinski definition) is 8. The number of carbonyl (C=O) groups excluding carboxylic acids is 1. The maximum Gasteiger partial charge on any atom is 0.472 e. The molecular weight excluding hydrogens is 631 g/mol. The van der Waals surface area contributed by atoms with Gasteiger partial charge in [0.1, 0.15) is 12.7 Å². The van der Waals surface area contributed by atoms with Gasteiger partial charge in [-0.15, -0.1) is 0 Å². The first-order valence-corrected chi connectivity index (χ1v) is 20.9. The zero-order valence-corrected chi connectivity index (χ0v) is 31.6. The summed E-state index contributed by atoms with van der Waals surface area (Å²) in [5.41, 5.74) is 0. The summed E-state index contributed by atoms with van der Waals surface area (Å²) in [6.45, 7) is 2.85. The summed E-state index contributed by atoms with van der Waals surface area (Å²) in [7, 11) is -4.52. The van der Waals surface area contributed by atoms with E-state index in [1.54, 1.807) is 6.26 Å². The van der Waals surface area contributed by atoms with Crippen LogP contribution >= 0.6 is 7.82 Å². The van der Waals surface area contributed by atoms with Crippen molar-refractivity contribution in [1.29, 1.82) is 0 Å². The molecule has 0 heterocycles. The van der Waals surface area contributed by atoms with E-state index < -0.39 is 45.8 Å². The van der Waals surface area contributed by atoms with Gasteiger partial charge in [-0.1, -0.05) is 135 Å². The van der Waals surface area contributed by atoms with Crippen LogP contribution in [0.15, 0.2) is 24.5 Å². The molecule has 284 valence electrons. The third kappa shape index (κ3) is 34.6. The second-order valence-corrected chi connectivity index (χ2v) is 14.5. The predicted octanol–water partition coefficient (Wildman–Crippen LogP) is 10.3. The summed E-state index contributed by atoms with van der Waals surface area (Å²) in [5.74, 6) is -0.414. The van der Waals surface area contributed by atoms with Crippen molar-refractivity contribution < 1.29 is 43.0 Å². The third-order valence-corrected chi connectivity index (χ3v) is 9.15. The summed E-state index contributed by atoms with van der Waals surface area (Å²) in [6, 6.07) is 0. The molecule has 0 fully saturated rings. The van der Waals surface area contributed by atoms with Crippen molar-refractivity contribution in [2.45, 2.75) is 187 Å². The number of esters is 1. The molecule has 0 aromatic heterocycles. The fourth-order valence-electron chi connectivity index (χ4n) is 5.20. The van der Waals surface area contributed by atoms with Gasteiger partial charge in [0.15, 0.2) is 6.10 Å². The standard InChI is InChI=1S/C38H73O9P/c1-3-5-7-9-11-13-15-17-19-21-23-25-27-29-31-44-34-37(35-46-48(42,43)45-33-36(40)32-39)47-38(41)30-28-26-24-22-20-18-16-14-12-10-8-6-4-2/h14,16,29,31,36-37,39-40H,3-13,15,17-28,30,32-35H2,1-2H3,(H,42,43)/b16-14-,31-29-/t36-,37+/m0/s1. The molecule has 9 nitrogen and oxygen atoms in total. The van der Waals surface area contributed by atoms with Crippen LogP contribution in [0.5, 0.6) is 0 Å². The molecule has 3 atom stereocenters. The van der Waals surface area contributed by atoms with Crippen molar-refractivity contribution in [3.05, 3.63) is 24.5 Å². The summed E-state index contributed by atoms with van der Waals surface area (Å²) >= 11 is 0. The molecule has 0 aliphatic rings. The fraction of sp³-hybridized carbons (Fsp3) is 0.868. The largest absolute Gasteiger partial charge is 0.498 e. The van der Waals surface area contributed by atoms with Gasteiger partial charge in [0.05, 0.1) is 26.1 Å². The maximum atomic E-state index is 12.5. The molecule has 1 unspecified atom stereocenters. The number of hydrogen-bond donors (Lipinski definition) is 3. The Kier molecular flexibility index (Phi) is 34.7. The summed E-state index contributed by atoms with van der Waals surface area (Å²) in [5, 5.41) is 18.3. The number of phosphoric acid groups is 1. The van der Waals surface area contributed by atoms with E-state index in [1.807, 2.05) is 6.08 Å². The lowest BCUT2D eigenvalue weighted by Gasteiger charge is -2.20. The normalized spacial score (nSPS) is 14.4. The van der Waals surface area contributed by atoms with E-state index in [0.29, 0.717) is 6.42 Å². The average molecular weight is 705 g/mol. The number of phosphoric ester groups is 1. The van der Waals surface area contributed by atoms with E-state index >= 15 is 0 Å². The van der Waals surface area contributed by atoms with Crippen LogP contribution in [0.25, 0.3) is 0 Å². The molecule has 0 spiro atoms. The van der Waals surface area contributed by atoms with Gasteiger partial charge >= 0.3 is 13.8 Å². The SMILES string of the molecule is CCCCCC/C=C\CCCCCCCC(=O)O[C@H](CO/C=C\CCCCCCCCCCCCCC)COP(=O)(O)OC[C@@H](O)CO. The Morgan fingerprint density at radius 2 is 1.06 bits per heavy atom. The van der Waals surface area contributed by atoms with Gasteiger partial charge in [-0.2, -0.15) is 0 Å². The molecule has 0 aliphatic heterocycles. The highest BCUT2D eigenvalue weighted by Crippen LogP contribution is 2.43. The molecule has 10 heteroatoms. The van der Waals surface area contributed by atoms with Crippen LogP contribution in [0.1, 0.15) is 174 Å². The van der Waals surface area contributed by atoms with Gasteiger partial charge in [-0.05, 0) is 51.0 Å². The van der Waals surface area contributed by atoms with Crippen molar-refractivity contribution in [1.82, 2.24) is 0 Å². The number of allylic oxidation sites excluding steroid dienone is 3. The number of aliphatic hydroxyl groups is 2. The smallest absolute Gasteiger partial charge is 0.472 e. The predicted molar refractivity (Wildman–Crippen MR) is 196 cm³/mol. The van der Waals surface area contributed by atoms with Crippen LogP contribution < -0.4 is 0 Å². The number of aliphatic hydroxyl groups excluding tert-OH is 2. The van der Waals surface area contributed by atoms with Gasteiger partial charge in [-0.25, -0.2) is 4.57 Å². The highest BCUT2D eigenvalue weighted by molar-refractivity contribution is 7.47. The van der Waals surface area contributed by atoms with E-state index in [-0.39, 0.29) is 13.0 Å². The van der Waals surface area contributed by atoms with Crippen molar-refractivity contribution in [2.75, 3.05) is 26.4 Å². The van der Waals surface area contributed by atoms with Crippen LogP contribution in [0, 0.1) is 0 Å². The quantitative estimate of drug-likeness (QED) is 0.0190. The zero-order chi connectivity index (χ0) is 35.4. The van der Waals surface area contributed by atoms with Crippen LogP contribution in [0.2, 0.25) is 0 Å². The lowest BCUT2D eigenvalue weighted by molar-refractivity contribution is -0.153. The average Bonchev–Trinajstić information content (AvgIpc) is 3.07. The van der Waals surface area contributed by atoms with Crippen molar-refractivity contribution >= 4 is 13.8 Å². The van der Waals surface area contributed by atoms with E-state index in [1.165, 1.54) is 103 Å². The highest BCUT2D eigenvalue weighted by atomic mass is 31.2. The van der Waals surface area contributed by atoms with E-state index in [9.17, 15) is 19.4 Å². The Morgan fingerprint density at radius 3 is 1.58 bits per heavy atom. The molecular formula is C38H73O9P. The lowest BCUT2D eigenvalue weighted by atomic mass is 10.0. The van der Waals surface area contributed by atoms with E-state index in [4.69, 9.17) is 23.6 Å². The molecule has 48 heavy (non-hydrogen) atoms. The van der Waals surface area contributed by atoms with Gasteiger partial charge < -0.3 is 24.6 Å². The van der Waals surface area contributed by atoms with Crippen molar-refractivity contribution in [3.8, 4) is 0 Å². The Balaban J connectivity index is 4.29. The number of carbonyl (C=O) groups is 1. The van der Waals surface area contributed by atoms with Crippen molar-refractivity contribution in [3.63, 3.8) is 0 Å². The van der Waals surface area contributed by atoms with Crippen molar-refractivity contribution in [2.24, 2.45) is 0 Å². The van der Waals surface area contributed by atoms with Crippen LogP contribution in [-0.4, -0.2) is 59.7 Å². The Bertz CT molecular complexity index is 805.